The predicted octanol–water partition coefficient (Wildman–Crippen LogP) is 3.33. The molecule has 2 atom stereocenters. The van der Waals surface area contributed by atoms with E-state index in [-0.39, 0.29) is 24.0 Å². The fraction of sp³-hybridized carbons (Fsp3) is 0.435. The van der Waals surface area contributed by atoms with Crippen molar-refractivity contribution in [2.75, 3.05) is 13.7 Å². The number of benzene rings is 1. The number of carbonyl (C=O) groups is 1. The molecular formula is C23H28N4O4. The highest BCUT2D eigenvalue weighted by Crippen LogP contribution is 2.35. The Hall–Kier alpha value is -3.29. The summed E-state index contributed by atoms with van der Waals surface area (Å²) in [5.74, 6) is 2.00. The molecule has 1 aliphatic rings. The van der Waals surface area contributed by atoms with E-state index in [0.29, 0.717) is 30.3 Å². The lowest BCUT2D eigenvalue weighted by atomic mass is 10.0. The Bertz CT molecular complexity index is 1110. The topological polar surface area (TPSA) is 87.5 Å². The average Bonchev–Trinajstić information content (AvgIpc) is 3.32. The summed E-state index contributed by atoms with van der Waals surface area (Å²) < 4.78 is 19.4. The number of carbonyl (C=O) groups excluding carboxylic acids is 1. The summed E-state index contributed by atoms with van der Waals surface area (Å²) in [6, 6.07) is 7.67. The van der Waals surface area contributed by atoms with Crippen LogP contribution in [0.2, 0.25) is 0 Å². The van der Waals surface area contributed by atoms with Crippen LogP contribution in [0.25, 0.3) is 22.2 Å². The first-order chi connectivity index (χ1) is 14.8. The molecule has 31 heavy (non-hydrogen) atoms. The zero-order chi connectivity index (χ0) is 22.1. The number of aryl methyl sites for hydroxylation is 1. The molecule has 1 N–H and O–H groups in total. The first kappa shape index (κ1) is 21.0. The van der Waals surface area contributed by atoms with E-state index in [2.05, 4.69) is 10.4 Å². The number of nitrogens with zero attached hydrogens (tertiary/aromatic N) is 3. The van der Waals surface area contributed by atoms with Crippen molar-refractivity contribution in [3.63, 3.8) is 0 Å². The van der Waals surface area contributed by atoms with Gasteiger partial charge in [-0.15, -0.1) is 0 Å². The quantitative estimate of drug-likeness (QED) is 0.626. The maximum atomic E-state index is 11.6. The standard InChI is InChI=1S/C23H28N4O4/c1-13(2)30-20-7-6-15(8-21(20)29-5)18-10-19-17(12-27(4)26-19)23(25-18)31-14(3)16-9-22(28)24-11-16/h6-8,10,12-14,16H,9,11H2,1-5H3,(H,24,28). The Kier molecular flexibility index (Phi) is 5.71. The SMILES string of the molecule is COc1cc(-c2cc3nn(C)cc3c(OC(C)C3CNC(=O)C3)n2)ccc1OC(C)C. The van der Waals surface area contributed by atoms with Gasteiger partial charge in [0.1, 0.15) is 6.10 Å². The van der Waals surface area contributed by atoms with Gasteiger partial charge in [-0.3, -0.25) is 9.48 Å². The van der Waals surface area contributed by atoms with Crippen LogP contribution < -0.4 is 19.5 Å². The highest BCUT2D eigenvalue weighted by Gasteiger charge is 2.29. The van der Waals surface area contributed by atoms with Gasteiger partial charge in [-0.05, 0) is 45.0 Å². The van der Waals surface area contributed by atoms with Gasteiger partial charge < -0.3 is 19.5 Å². The molecule has 0 spiro atoms. The van der Waals surface area contributed by atoms with Gasteiger partial charge in [0.25, 0.3) is 0 Å². The minimum Gasteiger partial charge on any atom is -0.493 e. The second-order valence-electron chi connectivity index (χ2n) is 8.17. The number of hydrogen-bond acceptors (Lipinski definition) is 6. The fourth-order valence-corrected chi connectivity index (χ4v) is 3.76. The van der Waals surface area contributed by atoms with Gasteiger partial charge in [-0.25, -0.2) is 4.98 Å². The lowest BCUT2D eigenvalue weighted by Gasteiger charge is -2.20. The number of rotatable bonds is 7. The molecule has 1 amide bonds. The first-order valence-corrected chi connectivity index (χ1v) is 10.5. The molecule has 3 aromatic rings. The minimum atomic E-state index is -0.165. The van der Waals surface area contributed by atoms with E-state index in [9.17, 15) is 4.79 Å². The molecule has 164 valence electrons. The Morgan fingerprint density at radius 2 is 1.97 bits per heavy atom. The summed E-state index contributed by atoms with van der Waals surface area (Å²) in [6.07, 6.45) is 2.24. The summed E-state index contributed by atoms with van der Waals surface area (Å²) in [4.78, 5) is 16.4. The van der Waals surface area contributed by atoms with Gasteiger partial charge in [-0.2, -0.15) is 5.10 Å². The van der Waals surface area contributed by atoms with E-state index in [1.54, 1.807) is 11.8 Å². The normalized spacial score (nSPS) is 17.1. The van der Waals surface area contributed by atoms with E-state index in [0.717, 1.165) is 22.2 Å². The molecule has 2 aromatic heterocycles. The third kappa shape index (κ3) is 4.42. The summed E-state index contributed by atoms with van der Waals surface area (Å²) >= 11 is 0. The van der Waals surface area contributed by atoms with E-state index < -0.39 is 0 Å². The van der Waals surface area contributed by atoms with Gasteiger partial charge >= 0.3 is 0 Å². The van der Waals surface area contributed by atoms with Crippen LogP contribution in [-0.4, -0.2) is 46.5 Å². The number of pyridine rings is 1. The molecule has 2 unspecified atom stereocenters. The highest BCUT2D eigenvalue weighted by molar-refractivity contribution is 5.87. The van der Waals surface area contributed by atoms with Gasteiger partial charge in [0, 0.05) is 37.7 Å². The number of aromatic nitrogens is 3. The summed E-state index contributed by atoms with van der Waals surface area (Å²) in [6.45, 7) is 6.54. The van der Waals surface area contributed by atoms with Crippen LogP contribution in [0.3, 0.4) is 0 Å². The third-order valence-electron chi connectivity index (χ3n) is 5.38. The van der Waals surface area contributed by atoms with Crippen LogP contribution in [0.1, 0.15) is 27.2 Å². The molecule has 1 aliphatic heterocycles. The second kappa shape index (κ2) is 8.45. The van der Waals surface area contributed by atoms with Crippen LogP contribution in [-0.2, 0) is 11.8 Å². The van der Waals surface area contributed by atoms with Crippen molar-refractivity contribution >= 4 is 16.8 Å². The molecule has 4 rings (SSSR count). The van der Waals surface area contributed by atoms with Crippen LogP contribution >= 0.6 is 0 Å². The molecule has 0 aliphatic carbocycles. The molecule has 1 saturated heterocycles. The van der Waals surface area contributed by atoms with Gasteiger partial charge in [0.15, 0.2) is 11.5 Å². The Balaban J connectivity index is 1.71. The van der Waals surface area contributed by atoms with Gasteiger partial charge in [0.05, 0.1) is 29.8 Å². The number of nitrogens with one attached hydrogen (secondary N) is 1. The molecule has 8 nitrogen and oxygen atoms in total. The number of ether oxygens (including phenoxy) is 3. The third-order valence-corrected chi connectivity index (χ3v) is 5.38. The molecule has 0 saturated carbocycles. The van der Waals surface area contributed by atoms with Crippen molar-refractivity contribution < 1.29 is 19.0 Å². The van der Waals surface area contributed by atoms with E-state index in [1.165, 1.54) is 0 Å². The molecule has 1 aromatic carbocycles. The highest BCUT2D eigenvalue weighted by atomic mass is 16.5. The number of methoxy groups -OCH3 is 1. The van der Waals surface area contributed by atoms with Crippen molar-refractivity contribution in [2.24, 2.45) is 13.0 Å². The molecule has 3 heterocycles. The summed E-state index contributed by atoms with van der Waals surface area (Å²) in [5.41, 5.74) is 2.39. The van der Waals surface area contributed by atoms with E-state index in [4.69, 9.17) is 19.2 Å². The maximum Gasteiger partial charge on any atom is 0.225 e. The Labute approximate surface area is 181 Å². The van der Waals surface area contributed by atoms with Crippen LogP contribution in [0, 0.1) is 5.92 Å². The minimum absolute atomic E-state index is 0.0428. The smallest absolute Gasteiger partial charge is 0.225 e. The van der Waals surface area contributed by atoms with Crippen molar-refractivity contribution in [3.8, 4) is 28.6 Å². The molecule has 8 heteroatoms. The zero-order valence-corrected chi connectivity index (χ0v) is 18.5. The number of fused-ring (bicyclic) bond motifs is 1. The molecule has 1 fully saturated rings. The molecule has 0 bridgehead atoms. The Morgan fingerprint density at radius 1 is 1.16 bits per heavy atom. The molecule has 0 radical (unpaired) electrons. The second-order valence-corrected chi connectivity index (χ2v) is 8.17. The number of hydrogen-bond donors (Lipinski definition) is 1. The average molecular weight is 425 g/mol. The molecular weight excluding hydrogens is 396 g/mol. The fourth-order valence-electron chi connectivity index (χ4n) is 3.76. The van der Waals surface area contributed by atoms with Crippen LogP contribution in [0.15, 0.2) is 30.5 Å². The van der Waals surface area contributed by atoms with Crippen molar-refractivity contribution in [1.82, 2.24) is 20.1 Å². The van der Waals surface area contributed by atoms with Crippen LogP contribution in [0.4, 0.5) is 0 Å². The first-order valence-electron chi connectivity index (χ1n) is 10.5. The van der Waals surface area contributed by atoms with E-state index >= 15 is 0 Å². The summed E-state index contributed by atoms with van der Waals surface area (Å²) in [5, 5.41) is 8.25. The zero-order valence-electron chi connectivity index (χ0n) is 18.5. The maximum absolute atomic E-state index is 11.6. The monoisotopic (exact) mass is 424 g/mol. The van der Waals surface area contributed by atoms with E-state index in [1.807, 2.05) is 58.3 Å². The summed E-state index contributed by atoms with van der Waals surface area (Å²) in [7, 11) is 3.49. The number of amides is 1. The van der Waals surface area contributed by atoms with Crippen LogP contribution in [0.5, 0.6) is 17.4 Å². The van der Waals surface area contributed by atoms with Crippen molar-refractivity contribution in [2.45, 2.75) is 39.4 Å². The van der Waals surface area contributed by atoms with Gasteiger partial charge in [-0.1, -0.05) is 0 Å². The van der Waals surface area contributed by atoms with Crippen molar-refractivity contribution in [1.29, 1.82) is 0 Å². The lowest BCUT2D eigenvalue weighted by Crippen LogP contribution is -2.26. The van der Waals surface area contributed by atoms with Gasteiger partial charge in [0.2, 0.25) is 11.8 Å². The Morgan fingerprint density at radius 3 is 2.65 bits per heavy atom. The lowest BCUT2D eigenvalue weighted by molar-refractivity contribution is -0.119. The predicted molar refractivity (Wildman–Crippen MR) is 117 cm³/mol. The largest absolute Gasteiger partial charge is 0.493 e. The van der Waals surface area contributed by atoms with Crippen molar-refractivity contribution in [3.05, 3.63) is 30.5 Å².